The quantitative estimate of drug-likeness (QED) is 0.769. The summed E-state index contributed by atoms with van der Waals surface area (Å²) in [5.41, 5.74) is 2.71. The molecule has 24 heavy (non-hydrogen) atoms. The second-order valence-corrected chi connectivity index (χ2v) is 6.25. The van der Waals surface area contributed by atoms with Gasteiger partial charge in [0.25, 0.3) is 6.01 Å². The van der Waals surface area contributed by atoms with Crippen LogP contribution in [0.1, 0.15) is 24.0 Å². The smallest absolute Gasteiger partial charge is 0.295 e. The first-order valence-corrected chi connectivity index (χ1v) is 8.17. The van der Waals surface area contributed by atoms with Crippen LogP contribution < -0.4 is 10.1 Å². The number of hydrogen-bond donors (Lipinski definition) is 2. The summed E-state index contributed by atoms with van der Waals surface area (Å²) in [7, 11) is 1.66. The molecule has 1 atom stereocenters. The average molecular weight is 324 g/mol. The Bertz CT molecular complexity index is 841. The van der Waals surface area contributed by atoms with Gasteiger partial charge in [0.05, 0.1) is 13.7 Å². The number of hydrogen-bond acceptors (Lipinski definition) is 5. The zero-order chi connectivity index (χ0) is 16.6. The van der Waals surface area contributed by atoms with E-state index >= 15 is 0 Å². The van der Waals surface area contributed by atoms with Crippen molar-refractivity contribution in [2.24, 2.45) is 0 Å². The SMILES string of the molecule is COc1ccc2c(c1)CCCC2(O)CNc1nc2ccccc2o1. The van der Waals surface area contributed by atoms with E-state index in [0.717, 1.165) is 40.8 Å². The number of fused-ring (bicyclic) bond motifs is 2. The van der Waals surface area contributed by atoms with Crippen molar-refractivity contribution in [2.75, 3.05) is 19.0 Å². The Morgan fingerprint density at radius 3 is 3.00 bits per heavy atom. The van der Waals surface area contributed by atoms with Gasteiger partial charge in [-0.2, -0.15) is 4.98 Å². The van der Waals surface area contributed by atoms with E-state index in [-0.39, 0.29) is 0 Å². The van der Waals surface area contributed by atoms with Crippen molar-refractivity contribution in [1.29, 1.82) is 0 Å². The van der Waals surface area contributed by atoms with Gasteiger partial charge in [-0.1, -0.05) is 18.2 Å². The molecule has 0 radical (unpaired) electrons. The number of rotatable bonds is 4. The molecule has 1 aromatic heterocycles. The summed E-state index contributed by atoms with van der Waals surface area (Å²) < 4.78 is 11.0. The molecule has 5 nitrogen and oxygen atoms in total. The van der Waals surface area contributed by atoms with Gasteiger partial charge in [0.15, 0.2) is 5.58 Å². The van der Waals surface area contributed by atoms with Crippen LogP contribution in [0, 0.1) is 0 Å². The van der Waals surface area contributed by atoms with Crippen molar-refractivity contribution in [2.45, 2.75) is 24.9 Å². The van der Waals surface area contributed by atoms with Gasteiger partial charge in [-0.25, -0.2) is 0 Å². The van der Waals surface area contributed by atoms with Gasteiger partial charge in [-0.05, 0) is 54.7 Å². The summed E-state index contributed by atoms with van der Waals surface area (Å²) in [6, 6.07) is 13.9. The van der Waals surface area contributed by atoms with Crippen LogP contribution in [0.2, 0.25) is 0 Å². The van der Waals surface area contributed by atoms with Crippen LogP contribution in [0.15, 0.2) is 46.9 Å². The van der Waals surface area contributed by atoms with Crippen LogP contribution in [-0.2, 0) is 12.0 Å². The van der Waals surface area contributed by atoms with Crippen LogP contribution in [0.3, 0.4) is 0 Å². The molecule has 0 amide bonds. The van der Waals surface area contributed by atoms with Gasteiger partial charge >= 0.3 is 0 Å². The molecular formula is C19H20N2O3. The third-order valence-corrected chi connectivity index (χ3v) is 4.68. The molecule has 2 N–H and O–H groups in total. The maximum Gasteiger partial charge on any atom is 0.295 e. The standard InChI is InChI=1S/C19H20N2O3/c1-23-14-8-9-15-13(11-14)5-4-10-19(15,22)12-20-18-21-16-6-2-3-7-17(16)24-18/h2-3,6-9,11,22H,4-5,10,12H2,1H3,(H,20,21). The van der Waals surface area contributed by atoms with E-state index in [1.807, 2.05) is 42.5 Å². The van der Waals surface area contributed by atoms with Crippen LogP contribution in [-0.4, -0.2) is 23.7 Å². The van der Waals surface area contributed by atoms with Crippen molar-refractivity contribution in [3.8, 4) is 5.75 Å². The van der Waals surface area contributed by atoms with Crippen LogP contribution in [0.25, 0.3) is 11.1 Å². The number of aliphatic hydroxyl groups is 1. The highest BCUT2D eigenvalue weighted by Gasteiger charge is 2.34. The number of aryl methyl sites for hydroxylation is 1. The Kier molecular flexibility index (Phi) is 3.65. The Balaban J connectivity index is 1.58. The van der Waals surface area contributed by atoms with Crippen molar-refractivity contribution >= 4 is 17.1 Å². The highest BCUT2D eigenvalue weighted by atomic mass is 16.5. The summed E-state index contributed by atoms with van der Waals surface area (Å²) >= 11 is 0. The summed E-state index contributed by atoms with van der Waals surface area (Å²) in [5.74, 6) is 0.824. The maximum absolute atomic E-state index is 11.2. The van der Waals surface area contributed by atoms with Gasteiger partial charge in [0.1, 0.15) is 16.9 Å². The number of benzene rings is 2. The predicted octanol–water partition coefficient (Wildman–Crippen LogP) is 3.47. The maximum atomic E-state index is 11.2. The number of methoxy groups -OCH3 is 1. The molecule has 0 fully saturated rings. The van der Waals surface area contributed by atoms with Crippen LogP contribution in [0.5, 0.6) is 5.75 Å². The molecule has 5 heteroatoms. The van der Waals surface area contributed by atoms with E-state index in [1.54, 1.807) is 7.11 Å². The zero-order valence-corrected chi connectivity index (χ0v) is 13.6. The fourth-order valence-electron chi connectivity index (χ4n) is 3.42. The molecule has 1 aliphatic rings. The minimum atomic E-state index is -0.930. The number of nitrogens with one attached hydrogen (secondary N) is 1. The molecule has 0 saturated carbocycles. The number of oxazole rings is 1. The molecular weight excluding hydrogens is 304 g/mol. The van der Waals surface area contributed by atoms with E-state index in [2.05, 4.69) is 10.3 Å². The number of anilines is 1. The molecule has 124 valence electrons. The van der Waals surface area contributed by atoms with Crippen LogP contribution in [0.4, 0.5) is 6.01 Å². The third kappa shape index (κ3) is 2.61. The number of aromatic nitrogens is 1. The molecule has 1 heterocycles. The number of ether oxygens (including phenoxy) is 1. The van der Waals surface area contributed by atoms with Crippen molar-refractivity contribution in [3.05, 3.63) is 53.6 Å². The summed E-state index contributed by atoms with van der Waals surface area (Å²) in [5, 5.41) is 14.3. The fraction of sp³-hybridized carbons (Fsp3) is 0.316. The molecule has 0 aliphatic heterocycles. The molecule has 1 unspecified atom stereocenters. The third-order valence-electron chi connectivity index (χ3n) is 4.68. The monoisotopic (exact) mass is 324 g/mol. The highest BCUT2D eigenvalue weighted by Crippen LogP contribution is 2.37. The van der Waals surface area contributed by atoms with Gasteiger partial charge in [0, 0.05) is 0 Å². The lowest BCUT2D eigenvalue weighted by Gasteiger charge is -2.34. The first-order valence-electron chi connectivity index (χ1n) is 8.17. The molecule has 0 saturated heterocycles. The topological polar surface area (TPSA) is 67.5 Å². The first-order chi connectivity index (χ1) is 11.7. The van der Waals surface area contributed by atoms with E-state index in [4.69, 9.17) is 9.15 Å². The lowest BCUT2D eigenvalue weighted by Crippen LogP contribution is -2.37. The van der Waals surface area contributed by atoms with Gasteiger partial charge in [-0.3, -0.25) is 0 Å². The summed E-state index contributed by atoms with van der Waals surface area (Å²) in [6.07, 6.45) is 2.60. The molecule has 0 bridgehead atoms. The van der Waals surface area contributed by atoms with E-state index in [0.29, 0.717) is 19.0 Å². The molecule has 2 aromatic carbocycles. The number of para-hydroxylation sites is 2. The van der Waals surface area contributed by atoms with Crippen molar-refractivity contribution in [1.82, 2.24) is 4.98 Å². The average Bonchev–Trinajstić information content (AvgIpc) is 3.03. The Morgan fingerprint density at radius 1 is 1.29 bits per heavy atom. The van der Waals surface area contributed by atoms with Crippen molar-refractivity contribution in [3.63, 3.8) is 0 Å². The van der Waals surface area contributed by atoms with Gasteiger partial charge in [-0.15, -0.1) is 0 Å². The van der Waals surface area contributed by atoms with E-state index in [1.165, 1.54) is 0 Å². The van der Waals surface area contributed by atoms with E-state index in [9.17, 15) is 5.11 Å². The molecule has 0 spiro atoms. The highest BCUT2D eigenvalue weighted by molar-refractivity contribution is 5.74. The minimum Gasteiger partial charge on any atom is -0.497 e. The zero-order valence-electron chi connectivity index (χ0n) is 13.6. The molecule has 1 aliphatic carbocycles. The first kappa shape index (κ1) is 15.0. The predicted molar refractivity (Wildman–Crippen MR) is 92.3 cm³/mol. The van der Waals surface area contributed by atoms with Crippen molar-refractivity contribution < 1.29 is 14.3 Å². The lowest BCUT2D eigenvalue weighted by atomic mass is 9.79. The van der Waals surface area contributed by atoms with Gasteiger partial charge in [0.2, 0.25) is 0 Å². The second kappa shape index (κ2) is 5.83. The molecule has 4 rings (SSSR count). The summed E-state index contributed by atoms with van der Waals surface area (Å²) in [4.78, 5) is 4.40. The Hall–Kier alpha value is -2.53. The largest absolute Gasteiger partial charge is 0.497 e. The minimum absolute atomic E-state index is 0.360. The number of nitrogens with zero attached hydrogens (tertiary/aromatic N) is 1. The lowest BCUT2D eigenvalue weighted by molar-refractivity contribution is 0.0317. The Morgan fingerprint density at radius 2 is 2.17 bits per heavy atom. The fourth-order valence-corrected chi connectivity index (χ4v) is 3.42. The van der Waals surface area contributed by atoms with Crippen LogP contribution >= 0.6 is 0 Å². The van der Waals surface area contributed by atoms with Gasteiger partial charge < -0.3 is 19.6 Å². The molecule has 3 aromatic rings. The Labute approximate surface area is 140 Å². The summed E-state index contributed by atoms with van der Waals surface area (Å²) in [6.45, 7) is 0.360. The second-order valence-electron chi connectivity index (χ2n) is 6.25. The van der Waals surface area contributed by atoms with E-state index < -0.39 is 5.60 Å². The normalized spacial score (nSPS) is 19.9.